The molecular weight excluding hydrogens is 330 g/mol. The summed E-state index contributed by atoms with van der Waals surface area (Å²) in [5.74, 6) is 1.11. The predicted octanol–water partition coefficient (Wildman–Crippen LogP) is 3.28. The van der Waals surface area contributed by atoms with Gasteiger partial charge in [-0.1, -0.05) is 6.07 Å². The van der Waals surface area contributed by atoms with E-state index in [4.69, 9.17) is 0 Å². The van der Waals surface area contributed by atoms with Crippen molar-refractivity contribution in [3.05, 3.63) is 47.9 Å². The number of rotatable bonds is 6. The van der Waals surface area contributed by atoms with E-state index < -0.39 is 0 Å². The first kappa shape index (κ1) is 16.4. The average Bonchev–Trinajstić information content (AvgIpc) is 3.15. The number of piperidine rings is 1. The third kappa shape index (κ3) is 3.96. The van der Waals surface area contributed by atoms with E-state index in [1.54, 1.807) is 17.7 Å². The molecule has 5 nitrogen and oxygen atoms in total. The molecule has 0 spiro atoms. The molecule has 1 aliphatic heterocycles. The molecule has 6 heteroatoms. The number of nitrogens with zero attached hydrogens (tertiary/aromatic N) is 4. The summed E-state index contributed by atoms with van der Waals surface area (Å²) >= 11 is 1.73. The SMILES string of the molecule is c1ccc(CCCNC2CCN(c3ncnc4ccsc34)CC2)nc1. The van der Waals surface area contributed by atoms with Crippen LogP contribution < -0.4 is 10.2 Å². The normalized spacial score (nSPS) is 15.8. The Hall–Kier alpha value is -2.05. The van der Waals surface area contributed by atoms with Crippen LogP contribution in [0, 0.1) is 0 Å². The van der Waals surface area contributed by atoms with Crippen molar-refractivity contribution in [1.82, 2.24) is 20.3 Å². The molecule has 1 fully saturated rings. The smallest absolute Gasteiger partial charge is 0.150 e. The van der Waals surface area contributed by atoms with E-state index in [-0.39, 0.29) is 0 Å². The molecule has 0 bridgehead atoms. The molecule has 0 atom stereocenters. The summed E-state index contributed by atoms with van der Waals surface area (Å²) < 4.78 is 1.21. The number of fused-ring (bicyclic) bond motifs is 1. The van der Waals surface area contributed by atoms with Gasteiger partial charge in [-0.25, -0.2) is 9.97 Å². The van der Waals surface area contributed by atoms with Crippen LogP contribution in [0.2, 0.25) is 0 Å². The fourth-order valence-corrected chi connectivity index (χ4v) is 4.28. The molecule has 1 aliphatic rings. The van der Waals surface area contributed by atoms with Crippen LogP contribution in [0.4, 0.5) is 5.82 Å². The van der Waals surface area contributed by atoms with E-state index >= 15 is 0 Å². The number of hydrogen-bond donors (Lipinski definition) is 1. The summed E-state index contributed by atoms with van der Waals surface area (Å²) in [5.41, 5.74) is 2.24. The monoisotopic (exact) mass is 353 g/mol. The van der Waals surface area contributed by atoms with Crippen LogP contribution in [0.1, 0.15) is 25.0 Å². The van der Waals surface area contributed by atoms with E-state index in [2.05, 4.69) is 48.7 Å². The van der Waals surface area contributed by atoms with E-state index in [1.807, 2.05) is 12.3 Å². The number of thiophene rings is 1. The van der Waals surface area contributed by atoms with Gasteiger partial charge in [-0.15, -0.1) is 11.3 Å². The van der Waals surface area contributed by atoms with Gasteiger partial charge in [0.2, 0.25) is 0 Å². The Morgan fingerprint density at radius 1 is 1.12 bits per heavy atom. The zero-order valence-electron chi connectivity index (χ0n) is 14.3. The molecule has 3 aromatic heterocycles. The van der Waals surface area contributed by atoms with Crippen molar-refractivity contribution in [1.29, 1.82) is 0 Å². The second-order valence-corrected chi connectivity index (χ2v) is 7.39. The maximum Gasteiger partial charge on any atom is 0.150 e. The second kappa shape index (κ2) is 7.89. The first-order valence-electron chi connectivity index (χ1n) is 8.96. The lowest BCUT2D eigenvalue weighted by atomic mass is 10.0. The highest BCUT2D eigenvalue weighted by molar-refractivity contribution is 7.17. The number of aromatic nitrogens is 3. The van der Waals surface area contributed by atoms with Crippen LogP contribution in [0.5, 0.6) is 0 Å². The van der Waals surface area contributed by atoms with Gasteiger partial charge in [-0.05, 0) is 55.8 Å². The van der Waals surface area contributed by atoms with Gasteiger partial charge in [0.25, 0.3) is 0 Å². The lowest BCUT2D eigenvalue weighted by molar-refractivity contribution is 0.412. The summed E-state index contributed by atoms with van der Waals surface area (Å²) in [6.07, 6.45) is 8.08. The summed E-state index contributed by atoms with van der Waals surface area (Å²) in [7, 11) is 0. The Morgan fingerprint density at radius 2 is 2.04 bits per heavy atom. The first-order valence-corrected chi connectivity index (χ1v) is 9.84. The number of anilines is 1. The van der Waals surface area contributed by atoms with Gasteiger partial charge in [-0.3, -0.25) is 4.98 Å². The Bertz CT molecular complexity index is 796. The number of nitrogens with one attached hydrogen (secondary N) is 1. The van der Waals surface area contributed by atoms with Crippen LogP contribution in [-0.4, -0.2) is 40.6 Å². The van der Waals surface area contributed by atoms with Crippen LogP contribution in [0.3, 0.4) is 0 Å². The maximum absolute atomic E-state index is 4.53. The van der Waals surface area contributed by atoms with Crippen molar-refractivity contribution in [2.45, 2.75) is 31.7 Å². The van der Waals surface area contributed by atoms with Crippen LogP contribution in [-0.2, 0) is 6.42 Å². The third-order valence-corrected chi connectivity index (χ3v) is 5.69. The zero-order valence-corrected chi connectivity index (χ0v) is 15.1. The largest absolute Gasteiger partial charge is 0.355 e. The Kier molecular flexibility index (Phi) is 5.18. The molecular formula is C19H23N5S. The molecule has 4 heterocycles. The highest BCUT2D eigenvalue weighted by Gasteiger charge is 2.21. The topological polar surface area (TPSA) is 53.9 Å². The molecule has 25 heavy (non-hydrogen) atoms. The number of pyridine rings is 1. The minimum Gasteiger partial charge on any atom is -0.355 e. The maximum atomic E-state index is 4.53. The molecule has 4 rings (SSSR count). The number of hydrogen-bond acceptors (Lipinski definition) is 6. The minimum atomic E-state index is 0.612. The van der Waals surface area contributed by atoms with Gasteiger partial charge in [0.05, 0.1) is 10.2 Å². The van der Waals surface area contributed by atoms with Crippen LogP contribution in [0.25, 0.3) is 10.2 Å². The van der Waals surface area contributed by atoms with Crippen molar-refractivity contribution >= 4 is 27.4 Å². The lowest BCUT2D eigenvalue weighted by Crippen LogP contribution is -2.43. The summed E-state index contributed by atoms with van der Waals surface area (Å²) in [6, 6.07) is 8.81. The molecule has 1 saturated heterocycles. The molecule has 0 aliphatic carbocycles. The molecule has 0 aromatic carbocycles. The highest BCUT2D eigenvalue weighted by Crippen LogP contribution is 2.29. The third-order valence-electron chi connectivity index (χ3n) is 4.79. The van der Waals surface area contributed by atoms with Gasteiger partial charge < -0.3 is 10.2 Å². The number of aryl methyl sites for hydroxylation is 1. The van der Waals surface area contributed by atoms with Crippen molar-refractivity contribution in [3.8, 4) is 0 Å². The molecule has 0 saturated carbocycles. The highest BCUT2D eigenvalue weighted by atomic mass is 32.1. The molecule has 130 valence electrons. The Morgan fingerprint density at radius 3 is 2.88 bits per heavy atom. The molecule has 1 N–H and O–H groups in total. The first-order chi connectivity index (χ1) is 12.4. The average molecular weight is 353 g/mol. The summed E-state index contributed by atoms with van der Waals surface area (Å²) in [4.78, 5) is 15.7. The van der Waals surface area contributed by atoms with Crippen molar-refractivity contribution in [2.75, 3.05) is 24.5 Å². The van der Waals surface area contributed by atoms with Gasteiger partial charge in [0, 0.05) is 31.0 Å². The summed E-state index contributed by atoms with van der Waals surface area (Å²) in [6.45, 7) is 3.17. The molecule has 0 amide bonds. The van der Waals surface area contributed by atoms with Crippen molar-refractivity contribution < 1.29 is 0 Å². The summed E-state index contributed by atoms with van der Waals surface area (Å²) in [5, 5.41) is 5.81. The Labute approximate surface area is 152 Å². The van der Waals surface area contributed by atoms with Crippen LogP contribution >= 0.6 is 11.3 Å². The zero-order chi connectivity index (χ0) is 16.9. The van der Waals surface area contributed by atoms with E-state index in [9.17, 15) is 0 Å². The molecule has 0 unspecified atom stereocenters. The Balaban J connectivity index is 1.24. The van der Waals surface area contributed by atoms with Gasteiger partial charge in [-0.2, -0.15) is 0 Å². The van der Waals surface area contributed by atoms with Gasteiger partial charge in [0.15, 0.2) is 0 Å². The quantitative estimate of drug-likeness (QED) is 0.689. The van der Waals surface area contributed by atoms with Crippen LogP contribution in [0.15, 0.2) is 42.2 Å². The lowest BCUT2D eigenvalue weighted by Gasteiger charge is -2.33. The van der Waals surface area contributed by atoms with Gasteiger partial charge >= 0.3 is 0 Å². The fourth-order valence-electron chi connectivity index (χ4n) is 3.42. The second-order valence-electron chi connectivity index (χ2n) is 6.47. The fraction of sp³-hybridized carbons (Fsp3) is 0.421. The minimum absolute atomic E-state index is 0.612. The standard InChI is InChI=1S/C19H23N5S/c1-2-9-20-15(4-1)5-3-10-21-16-6-11-24(12-7-16)19-18-17(8-13-25-18)22-14-23-19/h1-2,4,8-9,13-14,16,21H,3,5-7,10-12H2. The van der Waals surface area contributed by atoms with E-state index in [0.29, 0.717) is 6.04 Å². The predicted molar refractivity (Wildman–Crippen MR) is 103 cm³/mol. The van der Waals surface area contributed by atoms with Crippen molar-refractivity contribution in [2.24, 2.45) is 0 Å². The van der Waals surface area contributed by atoms with E-state index in [1.165, 1.54) is 23.2 Å². The van der Waals surface area contributed by atoms with Gasteiger partial charge in [0.1, 0.15) is 12.1 Å². The van der Waals surface area contributed by atoms with Crippen molar-refractivity contribution in [3.63, 3.8) is 0 Å². The van der Waals surface area contributed by atoms with E-state index in [0.717, 1.165) is 43.8 Å². The molecule has 3 aromatic rings. The molecule has 0 radical (unpaired) electrons.